The Morgan fingerprint density at radius 2 is 1.67 bits per heavy atom. The normalized spacial score (nSPS) is 11.2. The summed E-state index contributed by atoms with van der Waals surface area (Å²) >= 11 is 0. The summed E-state index contributed by atoms with van der Waals surface area (Å²) in [5, 5.41) is 2.86. The van der Waals surface area contributed by atoms with Crippen molar-refractivity contribution in [3.63, 3.8) is 0 Å². The molecule has 0 aliphatic carbocycles. The maximum Gasteiger partial charge on any atom is 0.255 e. The molecule has 0 saturated carbocycles. The van der Waals surface area contributed by atoms with E-state index in [1.807, 2.05) is 74.4 Å². The van der Waals surface area contributed by atoms with Gasteiger partial charge >= 0.3 is 0 Å². The van der Waals surface area contributed by atoms with E-state index < -0.39 is 10.0 Å². The summed E-state index contributed by atoms with van der Waals surface area (Å²) in [4.78, 5) is 14.7. The number of anilines is 2. The first kappa shape index (κ1) is 21.5. The van der Waals surface area contributed by atoms with E-state index in [2.05, 4.69) is 10.0 Å². The highest BCUT2D eigenvalue weighted by Crippen LogP contribution is 2.22. The van der Waals surface area contributed by atoms with Gasteiger partial charge in [0.1, 0.15) is 0 Å². The van der Waals surface area contributed by atoms with Gasteiger partial charge < -0.3 is 10.2 Å². The van der Waals surface area contributed by atoms with Gasteiger partial charge in [-0.05, 0) is 54.4 Å². The number of nitrogens with zero attached hydrogens (tertiary/aromatic N) is 1. The number of carbonyl (C=O) groups excluding carboxylic acids is 1. The molecule has 0 aliphatic heterocycles. The van der Waals surface area contributed by atoms with E-state index in [0.29, 0.717) is 5.69 Å². The number of hydrogen-bond acceptors (Lipinski definition) is 4. The van der Waals surface area contributed by atoms with Gasteiger partial charge in [-0.15, -0.1) is 0 Å². The molecule has 0 aromatic heterocycles. The molecule has 0 unspecified atom stereocenters. The Bertz CT molecular complexity index is 1140. The van der Waals surface area contributed by atoms with Crippen LogP contribution in [0.2, 0.25) is 0 Å². The molecule has 0 fully saturated rings. The number of rotatable bonds is 7. The lowest BCUT2D eigenvalue weighted by molar-refractivity contribution is 0.102. The highest BCUT2D eigenvalue weighted by Gasteiger charge is 2.17. The minimum Gasteiger partial charge on any atom is -0.378 e. The number of aryl methyl sites for hydroxylation is 1. The zero-order valence-electron chi connectivity index (χ0n) is 17.2. The monoisotopic (exact) mass is 423 g/mol. The van der Waals surface area contributed by atoms with Gasteiger partial charge in [0.15, 0.2) is 0 Å². The van der Waals surface area contributed by atoms with E-state index in [-0.39, 0.29) is 22.9 Å². The molecule has 0 bridgehead atoms. The van der Waals surface area contributed by atoms with Crippen molar-refractivity contribution >= 4 is 27.3 Å². The fourth-order valence-corrected chi connectivity index (χ4v) is 3.99. The Kier molecular flexibility index (Phi) is 6.54. The highest BCUT2D eigenvalue weighted by atomic mass is 32.2. The first-order valence-corrected chi connectivity index (χ1v) is 11.0. The summed E-state index contributed by atoms with van der Waals surface area (Å²) in [5.74, 6) is -0.365. The number of sulfonamides is 1. The summed E-state index contributed by atoms with van der Waals surface area (Å²) in [5.41, 5.74) is 3.76. The van der Waals surface area contributed by atoms with Crippen LogP contribution in [0.1, 0.15) is 21.5 Å². The zero-order chi connectivity index (χ0) is 21.7. The Balaban J connectivity index is 1.75. The molecular formula is C23H25N3O3S. The molecule has 30 heavy (non-hydrogen) atoms. The predicted molar refractivity (Wildman–Crippen MR) is 120 cm³/mol. The highest BCUT2D eigenvalue weighted by molar-refractivity contribution is 7.89. The van der Waals surface area contributed by atoms with Crippen molar-refractivity contribution in [3.8, 4) is 0 Å². The summed E-state index contributed by atoms with van der Waals surface area (Å²) in [6, 6.07) is 21.0. The van der Waals surface area contributed by atoms with E-state index in [9.17, 15) is 13.2 Å². The van der Waals surface area contributed by atoms with Crippen molar-refractivity contribution in [2.45, 2.75) is 18.4 Å². The van der Waals surface area contributed by atoms with E-state index in [4.69, 9.17) is 0 Å². The predicted octanol–water partition coefficient (Wildman–Crippen LogP) is 3.79. The smallest absolute Gasteiger partial charge is 0.255 e. The van der Waals surface area contributed by atoms with Crippen LogP contribution in [0.25, 0.3) is 0 Å². The van der Waals surface area contributed by atoms with Crippen LogP contribution >= 0.6 is 0 Å². The first-order valence-electron chi connectivity index (χ1n) is 9.49. The Morgan fingerprint density at radius 3 is 2.33 bits per heavy atom. The molecule has 3 aromatic carbocycles. The van der Waals surface area contributed by atoms with Gasteiger partial charge in [-0.25, -0.2) is 13.1 Å². The average Bonchev–Trinajstić information content (AvgIpc) is 2.74. The molecule has 3 aromatic rings. The second kappa shape index (κ2) is 9.11. The lowest BCUT2D eigenvalue weighted by atomic mass is 10.1. The van der Waals surface area contributed by atoms with E-state index in [0.717, 1.165) is 16.8 Å². The van der Waals surface area contributed by atoms with Crippen molar-refractivity contribution in [3.05, 3.63) is 89.5 Å². The van der Waals surface area contributed by atoms with Crippen molar-refractivity contribution in [2.24, 2.45) is 0 Å². The van der Waals surface area contributed by atoms with Crippen LogP contribution in [0.3, 0.4) is 0 Å². The molecule has 6 nitrogen and oxygen atoms in total. The van der Waals surface area contributed by atoms with Crippen LogP contribution in [0.4, 0.5) is 11.4 Å². The number of carbonyl (C=O) groups is 1. The summed E-state index contributed by atoms with van der Waals surface area (Å²) in [6.45, 7) is 2.09. The van der Waals surface area contributed by atoms with Gasteiger partial charge in [-0.1, -0.05) is 36.4 Å². The van der Waals surface area contributed by atoms with Crippen LogP contribution in [0.5, 0.6) is 0 Å². The fraction of sp³-hybridized carbons (Fsp3) is 0.174. The molecule has 0 aliphatic rings. The average molecular weight is 424 g/mol. The zero-order valence-corrected chi connectivity index (χ0v) is 18.0. The number of benzene rings is 3. The lowest BCUT2D eigenvalue weighted by Crippen LogP contribution is -2.23. The molecule has 0 radical (unpaired) electrons. The second-order valence-electron chi connectivity index (χ2n) is 7.19. The van der Waals surface area contributed by atoms with Crippen LogP contribution in [-0.4, -0.2) is 28.4 Å². The minimum atomic E-state index is -3.75. The Labute approximate surface area is 177 Å². The first-order chi connectivity index (χ1) is 14.3. The van der Waals surface area contributed by atoms with Gasteiger partial charge in [0.05, 0.1) is 4.90 Å². The Hall–Kier alpha value is -3.16. The third-order valence-corrected chi connectivity index (χ3v) is 6.09. The molecule has 7 heteroatoms. The summed E-state index contributed by atoms with van der Waals surface area (Å²) in [6.07, 6.45) is 0. The minimum absolute atomic E-state index is 0.0470. The number of nitrogens with one attached hydrogen (secondary N) is 2. The van der Waals surface area contributed by atoms with E-state index in [1.165, 1.54) is 12.1 Å². The van der Waals surface area contributed by atoms with Crippen LogP contribution < -0.4 is 14.9 Å². The quantitative estimate of drug-likeness (QED) is 0.606. The van der Waals surface area contributed by atoms with Crippen molar-refractivity contribution in [1.82, 2.24) is 4.72 Å². The molecular weight excluding hydrogens is 398 g/mol. The lowest BCUT2D eigenvalue weighted by Gasteiger charge is -2.15. The third kappa shape index (κ3) is 5.25. The van der Waals surface area contributed by atoms with Crippen molar-refractivity contribution in [1.29, 1.82) is 0 Å². The molecule has 0 heterocycles. The SMILES string of the molecule is Cc1cc(N(C)C)ccc1NC(=O)c1cccc(S(=O)(=O)NCc2ccccc2)c1. The number of hydrogen-bond donors (Lipinski definition) is 2. The van der Waals surface area contributed by atoms with E-state index >= 15 is 0 Å². The summed E-state index contributed by atoms with van der Waals surface area (Å²) < 4.78 is 27.9. The van der Waals surface area contributed by atoms with Gasteiger partial charge in [0.2, 0.25) is 10.0 Å². The number of amides is 1. The third-order valence-electron chi connectivity index (χ3n) is 4.69. The van der Waals surface area contributed by atoms with E-state index in [1.54, 1.807) is 12.1 Å². The standard InChI is InChI=1S/C23H25N3O3S/c1-17-14-20(26(2)3)12-13-22(17)25-23(27)19-10-7-11-21(15-19)30(28,29)24-16-18-8-5-4-6-9-18/h4-15,24H,16H2,1-3H3,(H,25,27). The maximum absolute atomic E-state index is 12.7. The molecule has 0 atom stereocenters. The van der Waals surface area contributed by atoms with Crippen molar-refractivity contribution in [2.75, 3.05) is 24.3 Å². The summed E-state index contributed by atoms with van der Waals surface area (Å²) in [7, 11) is 0.152. The fourth-order valence-electron chi connectivity index (χ4n) is 2.92. The van der Waals surface area contributed by atoms with Crippen LogP contribution in [0, 0.1) is 6.92 Å². The molecule has 0 spiro atoms. The van der Waals surface area contributed by atoms with Crippen molar-refractivity contribution < 1.29 is 13.2 Å². The van der Waals surface area contributed by atoms with Gasteiger partial charge in [-0.2, -0.15) is 0 Å². The topological polar surface area (TPSA) is 78.5 Å². The van der Waals surface area contributed by atoms with Gasteiger partial charge in [0.25, 0.3) is 5.91 Å². The maximum atomic E-state index is 12.7. The molecule has 1 amide bonds. The van der Waals surface area contributed by atoms with Gasteiger partial charge in [-0.3, -0.25) is 4.79 Å². The molecule has 2 N–H and O–H groups in total. The van der Waals surface area contributed by atoms with Gasteiger partial charge in [0, 0.05) is 37.6 Å². The molecule has 3 rings (SSSR count). The van der Waals surface area contributed by atoms with Crippen LogP contribution in [-0.2, 0) is 16.6 Å². The largest absolute Gasteiger partial charge is 0.378 e. The molecule has 156 valence electrons. The molecule has 0 saturated heterocycles. The van der Waals surface area contributed by atoms with Crippen LogP contribution in [0.15, 0.2) is 77.7 Å². The Morgan fingerprint density at radius 1 is 0.933 bits per heavy atom. The second-order valence-corrected chi connectivity index (χ2v) is 8.95.